The highest BCUT2D eigenvalue weighted by molar-refractivity contribution is 5.89. The molecule has 0 spiro atoms. The van der Waals surface area contributed by atoms with Gasteiger partial charge in [0.25, 0.3) is 0 Å². The van der Waals surface area contributed by atoms with Crippen molar-refractivity contribution in [2.75, 3.05) is 13.6 Å². The van der Waals surface area contributed by atoms with E-state index in [-0.39, 0.29) is 0 Å². The van der Waals surface area contributed by atoms with Crippen molar-refractivity contribution in [3.05, 3.63) is 35.4 Å². The second-order valence-electron chi connectivity index (χ2n) is 6.00. The smallest absolute Gasteiger partial charge is 0.335 e. The zero-order chi connectivity index (χ0) is 13.4. The number of carboxylic acids is 1. The SMILES string of the molecule is CN(CCc1ccccc1C(=O)O)C1CCC2CC21. The van der Waals surface area contributed by atoms with Crippen LogP contribution < -0.4 is 0 Å². The average molecular weight is 259 g/mol. The summed E-state index contributed by atoms with van der Waals surface area (Å²) >= 11 is 0. The van der Waals surface area contributed by atoms with E-state index in [0.29, 0.717) is 5.56 Å². The van der Waals surface area contributed by atoms with Crippen LogP contribution in [0.15, 0.2) is 24.3 Å². The van der Waals surface area contributed by atoms with E-state index in [9.17, 15) is 9.90 Å². The van der Waals surface area contributed by atoms with Crippen molar-refractivity contribution < 1.29 is 9.90 Å². The first-order valence-corrected chi connectivity index (χ1v) is 7.18. The van der Waals surface area contributed by atoms with E-state index in [1.54, 1.807) is 12.1 Å². The lowest BCUT2D eigenvalue weighted by Crippen LogP contribution is -2.33. The zero-order valence-corrected chi connectivity index (χ0v) is 11.4. The maximum absolute atomic E-state index is 11.2. The summed E-state index contributed by atoms with van der Waals surface area (Å²) in [7, 11) is 2.19. The Balaban J connectivity index is 1.61. The van der Waals surface area contributed by atoms with Crippen LogP contribution in [0.1, 0.15) is 35.2 Å². The number of likely N-dealkylation sites (N-methyl/N-ethyl adjacent to an activating group) is 1. The summed E-state index contributed by atoms with van der Waals surface area (Å²) in [5.74, 6) is 1.11. The van der Waals surface area contributed by atoms with Crippen molar-refractivity contribution in [3.63, 3.8) is 0 Å². The number of carboxylic acid groups (broad SMARTS) is 1. The Hall–Kier alpha value is -1.35. The Labute approximate surface area is 114 Å². The van der Waals surface area contributed by atoms with Crippen LogP contribution in [-0.2, 0) is 6.42 Å². The van der Waals surface area contributed by atoms with Crippen molar-refractivity contribution in [1.29, 1.82) is 0 Å². The first-order chi connectivity index (χ1) is 9.16. The van der Waals surface area contributed by atoms with Gasteiger partial charge in [0.1, 0.15) is 0 Å². The third kappa shape index (κ3) is 2.52. The molecule has 0 aliphatic heterocycles. The van der Waals surface area contributed by atoms with Crippen molar-refractivity contribution in [1.82, 2.24) is 4.90 Å². The monoisotopic (exact) mass is 259 g/mol. The molecule has 1 N–H and O–H groups in total. The van der Waals surface area contributed by atoms with E-state index in [0.717, 1.165) is 36.4 Å². The van der Waals surface area contributed by atoms with Crippen molar-refractivity contribution in [2.45, 2.75) is 31.7 Å². The number of fused-ring (bicyclic) bond motifs is 1. The van der Waals surface area contributed by atoms with E-state index in [1.165, 1.54) is 19.3 Å². The minimum absolute atomic E-state index is 0.451. The number of nitrogens with zero attached hydrogens (tertiary/aromatic N) is 1. The number of hydrogen-bond acceptors (Lipinski definition) is 2. The minimum Gasteiger partial charge on any atom is -0.478 e. The van der Waals surface area contributed by atoms with Gasteiger partial charge in [0.2, 0.25) is 0 Å². The molecule has 3 atom stereocenters. The molecule has 0 radical (unpaired) electrons. The Kier molecular flexibility index (Phi) is 3.31. The van der Waals surface area contributed by atoms with Gasteiger partial charge < -0.3 is 10.0 Å². The van der Waals surface area contributed by atoms with Gasteiger partial charge in [-0.3, -0.25) is 0 Å². The molecule has 0 saturated heterocycles. The molecule has 19 heavy (non-hydrogen) atoms. The molecule has 0 amide bonds. The molecule has 0 bridgehead atoms. The number of hydrogen-bond donors (Lipinski definition) is 1. The van der Waals surface area contributed by atoms with Crippen LogP contribution in [0, 0.1) is 11.8 Å². The standard InChI is InChI=1S/C16H21NO2/c1-17(15-7-6-12-10-14(12)15)9-8-11-4-2-3-5-13(11)16(18)19/h2-5,12,14-15H,6-10H2,1H3,(H,18,19). The predicted octanol–water partition coefficient (Wildman–Crippen LogP) is 2.66. The molecule has 3 nitrogen and oxygen atoms in total. The number of rotatable bonds is 5. The number of carbonyl (C=O) groups is 1. The van der Waals surface area contributed by atoms with E-state index < -0.39 is 5.97 Å². The van der Waals surface area contributed by atoms with E-state index in [1.807, 2.05) is 12.1 Å². The minimum atomic E-state index is -0.818. The summed E-state index contributed by atoms with van der Waals surface area (Å²) in [5.41, 5.74) is 1.40. The molecular formula is C16H21NO2. The van der Waals surface area contributed by atoms with Gasteiger partial charge in [-0.25, -0.2) is 4.79 Å². The summed E-state index contributed by atoms with van der Waals surface area (Å²) in [4.78, 5) is 13.6. The second-order valence-corrected chi connectivity index (χ2v) is 6.00. The molecule has 1 aromatic rings. The number of benzene rings is 1. The lowest BCUT2D eigenvalue weighted by atomic mass is 10.0. The Bertz CT molecular complexity index is 485. The van der Waals surface area contributed by atoms with Gasteiger partial charge in [-0.15, -0.1) is 0 Å². The highest BCUT2D eigenvalue weighted by Crippen LogP contribution is 2.53. The molecule has 3 unspecified atom stereocenters. The van der Waals surface area contributed by atoms with Crippen LogP contribution >= 0.6 is 0 Å². The van der Waals surface area contributed by atoms with Gasteiger partial charge in [-0.05, 0) is 56.2 Å². The van der Waals surface area contributed by atoms with Crippen molar-refractivity contribution in [2.24, 2.45) is 11.8 Å². The summed E-state index contributed by atoms with van der Waals surface area (Å²) < 4.78 is 0. The van der Waals surface area contributed by atoms with Crippen LogP contribution in [0.25, 0.3) is 0 Å². The van der Waals surface area contributed by atoms with E-state index in [2.05, 4.69) is 11.9 Å². The van der Waals surface area contributed by atoms with Crippen LogP contribution in [0.3, 0.4) is 0 Å². The van der Waals surface area contributed by atoms with Gasteiger partial charge in [-0.2, -0.15) is 0 Å². The van der Waals surface area contributed by atoms with Crippen molar-refractivity contribution >= 4 is 5.97 Å². The molecule has 3 rings (SSSR count). The van der Waals surface area contributed by atoms with Gasteiger partial charge in [-0.1, -0.05) is 18.2 Å². The van der Waals surface area contributed by atoms with Gasteiger partial charge in [0.05, 0.1) is 5.56 Å². The molecule has 0 aromatic heterocycles. The highest BCUT2D eigenvalue weighted by atomic mass is 16.4. The maximum Gasteiger partial charge on any atom is 0.335 e. The Morgan fingerprint density at radius 1 is 1.37 bits per heavy atom. The number of aromatic carboxylic acids is 1. The molecule has 2 saturated carbocycles. The normalized spacial score (nSPS) is 28.4. The quantitative estimate of drug-likeness (QED) is 0.883. The maximum atomic E-state index is 11.2. The average Bonchev–Trinajstić information content (AvgIpc) is 3.07. The molecule has 0 heterocycles. The molecule has 2 aliphatic rings. The summed E-state index contributed by atoms with van der Waals surface area (Å²) in [6, 6.07) is 8.09. The summed E-state index contributed by atoms with van der Waals surface area (Å²) in [6.45, 7) is 0.957. The molecule has 1 aromatic carbocycles. The highest BCUT2D eigenvalue weighted by Gasteiger charge is 2.49. The predicted molar refractivity (Wildman–Crippen MR) is 74.4 cm³/mol. The fourth-order valence-corrected chi connectivity index (χ4v) is 3.63. The molecule has 3 heteroatoms. The second kappa shape index (κ2) is 4.97. The van der Waals surface area contributed by atoms with Crippen LogP contribution in [-0.4, -0.2) is 35.6 Å². The molecule has 2 aliphatic carbocycles. The summed E-state index contributed by atoms with van der Waals surface area (Å²) in [6.07, 6.45) is 4.96. The lowest BCUT2D eigenvalue weighted by molar-refractivity contribution is 0.0695. The first kappa shape index (κ1) is 12.7. The van der Waals surface area contributed by atoms with Gasteiger partial charge in [0, 0.05) is 12.6 Å². The molecule has 2 fully saturated rings. The van der Waals surface area contributed by atoms with E-state index in [4.69, 9.17) is 0 Å². The van der Waals surface area contributed by atoms with Crippen LogP contribution in [0.5, 0.6) is 0 Å². The zero-order valence-electron chi connectivity index (χ0n) is 11.4. The molecule has 102 valence electrons. The van der Waals surface area contributed by atoms with Crippen LogP contribution in [0.4, 0.5) is 0 Å². The van der Waals surface area contributed by atoms with Crippen molar-refractivity contribution in [3.8, 4) is 0 Å². The van der Waals surface area contributed by atoms with Crippen LogP contribution in [0.2, 0.25) is 0 Å². The lowest BCUT2D eigenvalue weighted by Gasteiger charge is -2.25. The third-order valence-electron chi connectivity index (χ3n) is 4.85. The first-order valence-electron chi connectivity index (χ1n) is 7.18. The molecular weight excluding hydrogens is 238 g/mol. The summed E-state index contributed by atoms with van der Waals surface area (Å²) in [5, 5.41) is 9.18. The Morgan fingerprint density at radius 2 is 2.16 bits per heavy atom. The Morgan fingerprint density at radius 3 is 2.79 bits per heavy atom. The third-order valence-corrected chi connectivity index (χ3v) is 4.85. The fraction of sp³-hybridized carbons (Fsp3) is 0.562. The topological polar surface area (TPSA) is 40.5 Å². The largest absolute Gasteiger partial charge is 0.478 e. The fourth-order valence-electron chi connectivity index (χ4n) is 3.63. The van der Waals surface area contributed by atoms with Gasteiger partial charge in [0.15, 0.2) is 0 Å². The van der Waals surface area contributed by atoms with Gasteiger partial charge >= 0.3 is 5.97 Å². The van der Waals surface area contributed by atoms with E-state index >= 15 is 0 Å².